The molecule has 0 bridgehead atoms. The van der Waals surface area contributed by atoms with Gasteiger partial charge in [-0.25, -0.2) is 4.98 Å². The molecule has 3 rings (SSSR count). The van der Waals surface area contributed by atoms with E-state index in [1.807, 2.05) is 27.8 Å². The predicted octanol–water partition coefficient (Wildman–Crippen LogP) is 2.19. The predicted molar refractivity (Wildman–Crippen MR) is 96.4 cm³/mol. The van der Waals surface area contributed by atoms with Crippen LogP contribution in [0.3, 0.4) is 0 Å². The quantitative estimate of drug-likeness (QED) is 0.807. The summed E-state index contributed by atoms with van der Waals surface area (Å²) >= 11 is 0. The molecule has 134 valence electrons. The minimum atomic E-state index is 0.234. The zero-order chi connectivity index (χ0) is 17.6. The number of piperazine rings is 1. The largest absolute Gasteiger partial charge is 0.497 e. The highest BCUT2D eigenvalue weighted by molar-refractivity contribution is 5.76. The summed E-state index contributed by atoms with van der Waals surface area (Å²) in [6, 6.07) is 8.38. The lowest BCUT2D eigenvalue weighted by Crippen LogP contribution is -2.49. The van der Waals surface area contributed by atoms with Gasteiger partial charge in [0.2, 0.25) is 5.91 Å². The molecule has 1 fully saturated rings. The number of hydrogen-bond donors (Lipinski definition) is 0. The van der Waals surface area contributed by atoms with Gasteiger partial charge in [-0.3, -0.25) is 9.69 Å². The smallest absolute Gasteiger partial charge is 0.222 e. The van der Waals surface area contributed by atoms with E-state index in [9.17, 15) is 4.79 Å². The van der Waals surface area contributed by atoms with Crippen molar-refractivity contribution in [2.75, 3.05) is 33.8 Å². The number of ether oxygens (including phenoxy) is 1. The van der Waals surface area contributed by atoms with E-state index in [1.54, 1.807) is 19.6 Å². The number of aryl methyl sites for hydroxylation is 1. The van der Waals surface area contributed by atoms with Crippen LogP contribution < -0.4 is 4.74 Å². The van der Waals surface area contributed by atoms with Crippen LogP contribution in [0.25, 0.3) is 0 Å². The Kier molecular flexibility index (Phi) is 5.71. The van der Waals surface area contributed by atoms with Gasteiger partial charge in [0.15, 0.2) is 0 Å². The van der Waals surface area contributed by atoms with Crippen LogP contribution in [0, 0.1) is 0 Å². The minimum absolute atomic E-state index is 0.234. The van der Waals surface area contributed by atoms with Gasteiger partial charge in [0.25, 0.3) is 0 Å². The minimum Gasteiger partial charge on any atom is -0.497 e. The zero-order valence-electron chi connectivity index (χ0n) is 15.0. The summed E-state index contributed by atoms with van der Waals surface area (Å²) in [5.74, 6) is 1.10. The summed E-state index contributed by atoms with van der Waals surface area (Å²) in [4.78, 5) is 20.9. The van der Waals surface area contributed by atoms with Crippen LogP contribution in [0.2, 0.25) is 0 Å². The highest BCUT2D eigenvalue weighted by Gasteiger charge is 2.28. The number of rotatable bonds is 6. The normalized spacial score (nSPS) is 18.3. The number of benzene rings is 1. The van der Waals surface area contributed by atoms with Crippen molar-refractivity contribution in [3.8, 4) is 5.75 Å². The van der Waals surface area contributed by atoms with Crippen LogP contribution >= 0.6 is 0 Å². The molecule has 1 unspecified atom stereocenters. The highest BCUT2D eigenvalue weighted by atomic mass is 16.5. The molecule has 25 heavy (non-hydrogen) atoms. The van der Waals surface area contributed by atoms with Crippen LogP contribution in [0.4, 0.5) is 0 Å². The van der Waals surface area contributed by atoms with E-state index < -0.39 is 0 Å². The molecule has 6 nitrogen and oxygen atoms in total. The molecule has 0 aliphatic carbocycles. The van der Waals surface area contributed by atoms with E-state index >= 15 is 0 Å². The summed E-state index contributed by atoms with van der Waals surface area (Å²) < 4.78 is 7.24. The molecule has 1 amide bonds. The van der Waals surface area contributed by atoms with Crippen molar-refractivity contribution < 1.29 is 9.53 Å². The molecule has 1 aliphatic rings. The Bertz CT molecular complexity index is 669. The van der Waals surface area contributed by atoms with Crippen LogP contribution in [-0.2, 0) is 11.3 Å². The van der Waals surface area contributed by atoms with Crippen LogP contribution in [0.15, 0.2) is 43.0 Å². The van der Waals surface area contributed by atoms with E-state index in [1.165, 1.54) is 5.56 Å². The van der Waals surface area contributed by atoms with Crippen molar-refractivity contribution in [3.63, 3.8) is 0 Å². The van der Waals surface area contributed by atoms with Crippen molar-refractivity contribution in [1.29, 1.82) is 0 Å². The van der Waals surface area contributed by atoms with Gasteiger partial charge in [-0.15, -0.1) is 0 Å². The van der Waals surface area contributed by atoms with Crippen LogP contribution in [0.1, 0.15) is 24.4 Å². The molecule has 2 aromatic rings. The summed E-state index contributed by atoms with van der Waals surface area (Å²) in [5, 5.41) is 0. The third-order valence-corrected chi connectivity index (χ3v) is 4.87. The lowest BCUT2D eigenvalue weighted by Gasteiger charge is -2.39. The third kappa shape index (κ3) is 4.39. The summed E-state index contributed by atoms with van der Waals surface area (Å²) in [6.45, 7) is 3.27. The summed E-state index contributed by atoms with van der Waals surface area (Å²) in [5.41, 5.74) is 1.22. The first-order valence-corrected chi connectivity index (χ1v) is 8.75. The van der Waals surface area contributed by atoms with Crippen molar-refractivity contribution in [3.05, 3.63) is 48.5 Å². The van der Waals surface area contributed by atoms with E-state index in [4.69, 9.17) is 4.74 Å². The number of aromatic nitrogens is 2. The third-order valence-electron chi connectivity index (χ3n) is 4.87. The Morgan fingerprint density at radius 2 is 2.08 bits per heavy atom. The maximum absolute atomic E-state index is 12.6. The highest BCUT2D eigenvalue weighted by Crippen LogP contribution is 2.26. The topological polar surface area (TPSA) is 50.6 Å². The first-order valence-electron chi connectivity index (χ1n) is 8.75. The molecule has 0 radical (unpaired) electrons. The maximum atomic E-state index is 12.6. The average molecular weight is 342 g/mol. The first-order chi connectivity index (χ1) is 12.2. The summed E-state index contributed by atoms with van der Waals surface area (Å²) in [7, 11) is 3.79. The maximum Gasteiger partial charge on any atom is 0.222 e. The number of hydrogen-bond acceptors (Lipinski definition) is 4. The fraction of sp³-hybridized carbons (Fsp3) is 0.474. The molecule has 1 atom stereocenters. The Morgan fingerprint density at radius 3 is 2.76 bits per heavy atom. The van der Waals surface area contributed by atoms with Gasteiger partial charge >= 0.3 is 0 Å². The van der Waals surface area contributed by atoms with E-state index in [2.05, 4.69) is 29.1 Å². The fourth-order valence-electron chi connectivity index (χ4n) is 3.28. The van der Waals surface area contributed by atoms with Crippen molar-refractivity contribution in [1.82, 2.24) is 19.4 Å². The molecule has 1 saturated heterocycles. The van der Waals surface area contributed by atoms with E-state index in [-0.39, 0.29) is 11.9 Å². The molecule has 6 heteroatoms. The van der Waals surface area contributed by atoms with Crippen molar-refractivity contribution in [2.24, 2.45) is 0 Å². The second-order valence-corrected chi connectivity index (χ2v) is 6.51. The molecule has 1 aromatic heterocycles. The van der Waals surface area contributed by atoms with Gasteiger partial charge in [-0.2, -0.15) is 0 Å². The monoisotopic (exact) mass is 342 g/mol. The lowest BCUT2D eigenvalue weighted by molar-refractivity contribution is -0.134. The molecular formula is C19H26N4O2. The Labute approximate surface area is 149 Å². The lowest BCUT2D eigenvalue weighted by atomic mass is 10.0. The van der Waals surface area contributed by atoms with Crippen molar-refractivity contribution in [2.45, 2.75) is 25.4 Å². The van der Waals surface area contributed by atoms with Gasteiger partial charge in [0.05, 0.1) is 19.5 Å². The number of amides is 1. The molecule has 2 heterocycles. The SMILES string of the molecule is COc1ccc(C2CN(C(=O)CCCn3ccnc3)CCN2C)cc1. The molecule has 0 saturated carbocycles. The number of carbonyl (C=O) groups excluding carboxylic acids is 1. The van der Waals surface area contributed by atoms with E-state index in [0.717, 1.165) is 38.3 Å². The molecule has 0 spiro atoms. The zero-order valence-corrected chi connectivity index (χ0v) is 15.0. The Hall–Kier alpha value is -2.34. The molecule has 1 aliphatic heterocycles. The number of imidazole rings is 1. The average Bonchev–Trinajstić information content (AvgIpc) is 3.15. The van der Waals surface area contributed by atoms with Crippen molar-refractivity contribution >= 4 is 5.91 Å². The van der Waals surface area contributed by atoms with Gasteiger partial charge in [-0.05, 0) is 31.2 Å². The first kappa shape index (κ1) is 17.5. The summed E-state index contributed by atoms with van der Waals surface area (Å²) in [6.07, 6.45) is 6.91. The van der Waals surface area contributed by atoms with Gasteiger partial charge in [-0.1, -0.05) is 12.1 Å². The Morgan fingerprint density at radius 1 is 1.28 bits per heavy atom. The number of carbonyl (C=O) groups is 1. The second-order valence-electron chi connectivity index (χ2n) is 6.51. The van der Waals surface area contributed by atoms with Gasteiger partial charge < -0.3 is 14.2 Å². The van der Waals surface area contributed by atoms with Gasteiger partial charge in [0, 0.05) is 45.0 Å². The molecule has 1 aromatic carbocycles. The second kappa shape index (κ2) is 8.16. The fourth-order valence-corrected chi connectivity index (χ4v) is 3.28. The van der Waals surface area contributed by atoms with Crippen LogP contribution in [0.5, 0.6) is 5.75 Å². The molecular weight excluding hydrogens is 316 g/mol. The molecule has 0 N–H and O–H groups in total. The Balaban J connectivity index is 1.56. The number of likely N-dealkylation sites (N-methyl/N-ethyl adjacent to an activating group) is 1. The van der Waals surface area contributed by atoms with Crippen LogP contribution in [-0.4, -0.2) is 59.0 Å². The number of nitrogens with zero attached hydrogens (tertiary/aromatic N) is 4. The van der Waals surface area contributed by atoms with E-state index in [0.29, 0.717) is 6.42 Å². The van der Waals surface area contributed by atoms with Gasteiger partial charge in [0.1, 0.15) is 5.75 Å². The number of methoxy groups -OCH3 is 1. The standard InChI is InChI=1S/C19H26N4O2/c1-21-12-13-23(19(24)4-3-10-22-11-9-20-15-22)14-18(21)16-5-7-17(25-2)8-6-16/h5-9,11,15,18H,3-4,10,12-14H2,1-2H3.